The molecule has 6 nitrogen and oxygen atoms in total. The molecule has 0 saturated carbocycles. The topological polar surface area (TPSA) is 79.7 Å². The summed E-state index contributed by atoms with van der Waals surface area (Å²) in [5.41, 5.74) is 0.986. The Kier molecular flexibility index (Phi) is 6.22. The fourth-order valence-corrected chi connectivity index (χ4v) is 3.89. The normalized spacial score (nSPS) is 17.6. The Morgan fingerprint density at radius 2 is 1.82 bits per heavy atom. The molecule has 1 unspecified atom stereocenters. The molecule has 33 heavy (non-hydrogen) atoms. The van der Waals surface area contributed by atoms with E-state index in [-0.39, 0.29) is 29.5 Å². The zero-order valence-electron chi connectivity index (χ0n) is 18.2. The number of aromatic nitrogens is 1. The third kappa shape index (κ3) is 4.48. The van der Waals surface area contributed by atoms with Gasteiger partial charge in [-0.05, 0) is 49.7 Å². The first-order valence-corrected chi connectivity index (χ1v) is 10.6. The van der Waals surface area contributed by atoms with E-state index >= 15 is 0 Å². The van der Waals surface area contributed by atoms with Gasteiger partial charge in [-0.15, -0.1) is 0 Å². The average Bonchev–Trinajstić information content (AvgIpc) is 3.04. The first kappa shape index (κ1) is 22.2. The highest BCUT2D eigenvalue weighted by Crippen LogP contribution is 2.41. The summed E-state index contributed by atoms with van der Waals surface area (Å²) in [4.78, 5) is 31.4. The number of ketones is 1. The van der Waals surface area contributed by atoms with E-state index in [9.17, 15) is 19.1 Å². The number of pyridine rings is 1. The Hall–Kier alpha value is -4.00. The monoisotopic (exact) mass is 446 g/mol. The van der Waals surface area contributed by atoms with Crippen molar-refractivity contribution < 1.29 is 23.8 Å². The largest absolute Gasteiger partial charge is 0.507 e. The van der Waals surface area contributed by atoms with Gasteiger partial charge in [-0.1, -0.05) is 30.3 Å². The van der Waals surface area contributed by atoms with Gasteiger partial charge in [0.05, 0.1) is 17.7 Å². The highest BCUT2D eigenvalue weighted by molar-refractivity contribution is 6.46. The number of carbonyl (C=O) groups is 2. The Morgan fingerprint density at radius 3 is 2.52 bits per heavy atom. The van der Waals surface area contributed by atoms with Crippen LogP contribution in [0, 0.1) is 5.82 Å². The quantitative estimate of drug-likeness (QED) is 0.339. The predicted molar refractivity (Wildman–Crippen MR) is 121 cm³/mol. The van der Waals surface area contributed by atoms with E-state index in [2.05, 4.69) is 4.98 Å². The van der Waals surface area contributed by atoms with E-state index in [4.69, 9.17) is 4.74 Å². The maximum absolute atomic E-state index is 14.9. The maximum atomic E-state index is 14.9. The molecule has 0 aliphatic carbocycles. The van der Waals surface area contributed by atoms with Gasteiger partial charge in [0.25, 0.3) is 11.7 Å². The van der Waals surface area contributed by atoms with Gasteiger partial charge in [-0.25, -0.2) is 4.39 Å². The van der Waals surface area contributed by atoms with Crippen molar-refractivity contribution in [2.75, 3.05) is 0 Å². The number of rotatable bonds is 6. The molecule has 2 aromatic carbocycles. The van der Waals surface area contributed by atoms with Crippen molar-refractivity contribution >= 4 is 17.4 Å². The lowest BCUT2D eigenvalue weighted by atomic mass is 9.94. The average molecular weight is 446 g/mol. The van der Waals surface area contributed by atoms with Crippen molar-refractivity contribution in [3.8, 4) is 5.75 Å². The van der Waals surface area contributed by atoms with Crippen LogP contribution in [0.2, 0.25) is 0 Å². The molecule has 2 heterocycles. The second-order valence-corrected chi connectivity index (χ2v) is 8.00. The van der Waals surface area contributed by atoms with E-state index in [1.54, 1.807) is 54.9 Å². The van der Waals surface area contributed by atoms with E-state index < -0.39 is 23.5 Å². The van der Waals surface area contributed by atoms with Crippen molar-refractivity contribution in [3.05, 3.63) is 101 Å². The molecule has 1 aromatic heterocycles. The summed E-state index contributed by atoms with van der Waals surface area (Å²) in [6.45, 7) is 3.80. The number of Topliss-reactive ketones (excluding diaryl/α,β-unsaturated/α-hetero) is 1. The zero-order chi connectivity index (χ0) is 23.5. The summed E-state index contributed by atoms with van der Waals surface area (Å²) < 4.78 is 20.6. The highest BCUT2D eigenvalue weighted by Gasteiger charge is 2.46. The number of ether oxygens (including phenoxy) is 1. The number of carbonyl (C=O) groups excluding carboxylic acids is 2. The maximum Gasteiger partial charge on any atom is 0.295 e. The van der Waals surface area contributed by atoms with Crippen LogP contribution in [-0.2, 0) is 16.1 Å². The van der Waals surface area contributed by atoms with Crippen LogP contribution in [0.1, 0.15) is 36.6 Å². The zero-order valence-corrected chi connectivity index (χ0v) is 18.2. The van der Waals surface area contributed by atoms with Crippen LogP contribution in [0.5, 0.6) is 5.75 Å². The first-order chi connectivity index (χ1) is 15.9. The third-order valence-corrected chi connectivity index (χ3v) is 5.32. The molecule has 0 spiro atoms. The molecule has 1 aliphatic heterocycles. The number of benzene rings is 2. The number of hydrogen-bond acceptors (Lipinski definition) is 5. The Labute approximate surface area is 191 Å². The van der Waals surface area contributed by atoms with Gasteiger partial charge in [-0.2, -0.15) is 0 Å². The number of nitrogens with zero attached hydrogens (tertiary/aromatic N) is 2. The van der Waals surface area contributed by atoms with E-state index in [1.165, 1.54) is 23.1 Å². The summed E-state index contributed by atoms with van der Waals surface area (Å²) in [6.07, 6.45) is 3.06. The summed E-state index contributed by atoms with van der Waals surface area (Å²) in [5.74, 6) is -2.14. The van der Waals surface area contributed by atoms with Crippen LogP contribution < -0.4 is 4.74 Å². The fourth-order valence-electron chi connectivity index (χ4n) is 3.89. The second-order valence-electron chi connectivity index (χ2n) is 8.00. The van der Waals surface area contributed by atoms with Crippen LogP contribution in [0.4, 0.5) is 4.39 Å². The van der Waals surface area contributed by atoms with Gasteiger partial charge in [0.2, 0.25) is 0 Å². The lowest BCUT2D eigenvalue weighted by Gasteiger charge is -2.25. The van der Waals surface area contributed by atoms with Gasteiger partial charge in [0, 0.05) is 30.1 Å². The third-order valence-electron chi connectivity index (χ3n) is 5.32. The van der Waals surface area contributed by atoms with Crippen LogP contribution in [0.15, 0.2) is 78.6 Å². The number of aliphatic hydroxyl groups excluding tert-OH is 1. The number of hydrogen-bond donors (Lipinski definition) is 1. The van der Waals surface area contributed by atoms with Crippen molar-refractivity contribution in [2.45, 2.75) is 32.5 Å². The molecule has 3 aromatic rings. The number of likely N-dealkylation sites (tertiary alicyclic amines) is 1. The second kappa shape index (κ2) is 9.24. The van der Waals surface area contributed by atoms with Crippen molar-refractivity contribution in [3.63, 3.8) is 0 Å². The van der Waals surface area contributed by atoms with Gasteiger partial charge < -0.3 is 14.7 Å². The van der Waals surface area contributed by atoms with Gasteiger partial charge in [-0.3, -0.25) is 14.6 Å². The summed E-state index contributed by atoms with van der Waals surface area (Å²) >= 11 is 0. The number of halogens is 1. The molecule has 168 valence electrons. The number of aliphatic hydroxyl groups is 1. The first-order valence-electron chi connectivity index (χ1n) is 10.6. The molecule has 1 saturated heterocycles. The fraction of sp³-hybridized carbons (Fsp3) is 0.192. The van der Waals surface area contributed by atoms with Crippen molar-refractivity contribution in [1.82, 2.24) is 9.88 Å². The van der Waals surface area contributed by atoms with E-state index in [0.717, 1.165) is 5.56 Å². The SMILES string of the molecule is CC(C)Oc1cccc(/C(O)=C2/C(=O)C(=O)N(Cc3ccncc3)C2c2ccccc2F)c1. The van der Waals surface area contributed by atoms with Gasteiger partial charge >= 0.3 is 0 Å². The Morgan fingerprint density at radius 1 is 1.09 bits per heavy atom. The molecule has 1 N–H and O–H groups in total. The molecule has 0 radical (unpaired) electrons. The van der Waals surface area contributed by atoms with Crippen LogP contribution in [0.25, 0.3) is 5.76 Å². The molecular formula is C26H23FN2O4. The van der Waals surface area contributed by atoms with E-state index in [1.807, 2.05) is 13.8 Å². The minimum absolute atomic E-state index is 0.0549. The molecule has 1 fully saturated rings. The Balaban J connectivity index is 1.86. The lowest BCUT2D eigenvalue weighted by molar-refractivity contribution is -0.140. The minimum Gasteiger partial charge on any atom is -0.507 e. The lowest BCUT2D eigenvalue weighted by Crippen LogP contribution is -2.29. The molecule has 4 rings (SSSR count). The molecule has 1 amide bonds. The Bertz CT molecular complexity index is 1220. The van der Waals surface area contributed by atoms with Crippen LogP contribution >= 0.6 is 0 Å². The molecule has 1 atom stereocenters. The number of amides is 1. The smallest absolute Gasteiger partial charge is 0.295 e. The van der Waals surface area contributed by atoms with Crippen molar-refractivity contribution in [1.29, 1.82) is 0 Å². The summed E-state index contributed by atoms with van der Waals surface area (Å²) in [7, 11) is 0. The predicted octanol–water partition coefficient (Wildman–Crippen LogP) is 4.63. The summed E-state index contributed by atoms with van der Waals surface area (Å²) in [6, 6.07) is 14.9. The van der Waals surface area contributed by atoms with E-state index in [0.29, 0.717) is 11.3 Å². The molecule has 1 aliphatic rings. The molecule has 0 bridgehead atoms. The molecule has 7 heteroatoms. The van der Waals surface area contributed by atoms with Crippen LogP contribution in [0.3, 0.4) is 0 Å². The highest BCUT2D eigenvalue weighted by atomic mass is 19.1. The minimum atomic E-state index is -1.09. The summed E-state index contributed by atoms with van der Waals surface area (Å²) in [5, 5.41) is 11.2. The van der Waals surface area contributed by atoms with Crippen molar-refractivity contribution in [2.24, 2.45) is 0 Å². The standard InChI is InChI=1S/C26H23FN2O4/c1-16(2)33-19-7-5-6-18(14-19)24(30)22-23(20-8-3-4-9-21(20)27)29(26(32)25(22)31)15-17-10-12-28-13-11-17/h3-14,16,23,30H,15H2,1-2H3/b24-22-. The van der Waals surface area contributed by atoms with Crippen LogP contribution in [-0.4, -0.2) is 32.8 Å². The van der Waals surface area contributed by atoms with Gasteiger partial charge in [0.1, 0.15) is 17.3 Å². The molecular weight excluding hydrogens is 423 g/mol. The van der Waals surface area contributed by atoms with Gasteiger partial charge in [0.15, 0.2) is 0 Å².